The van der Waals surface area contributed by atoms with Gasteiger partial charge in [-0.1, -0.05) is 36.4 Å². The maximum Gasteiger partial charge on any atom is 0.446 e. The molecule has 2 aromatic rings. The van der Waals surface area contributed by atoms with Gasteiger partial charge in [-0.3, -0.25) is 0 Å². The molecule has 2 N–H and O–H groups in total. The van der Waals surface area contributed by atoms with Crippen LogP contribution in [0, 0.1) is 0 Å². The molecule has 0 atom stereocenters. The zero-order valence-corrected chi connectivity index (χ0v) is 15.9. The lowest BCUT2D eigenvalue weighted by Gasteiger charge is -2.07. The first-order chi connectivity index (χ1) is 14.5. The summed E-state index contributed by atoms with van der Waals surface area (Å²) in [5.74, 6) is -0.799. The molecule has 0 spiro atoms. The first-order valence-corrected chi connectivity index (χ1v) is 8.98. The van der Waals surface area contributed by atoms with Gasteiger partial charge >= 0.3 is 24.1 Å². The van der Waals surface area contributed by atoms with Crippen LogP contribution in [0.4, 0.5) is 9.59 Å². The van der Waals surface area contributed by atoms with Gasteiger partial charge < -0.3 is 19.1 Å². The van der Waals surface area contributed by atoms with E-state index in [0.29, 0.717) is 24.3 Å². The molecule has 0 heterocycles. The second kappa shape index (κ2) is 12.4. The number of rotatable bonds is 7. The van der Waals surface area contributed by atoms with Crippen molar-refractivity contribution in [3.63, 3.8) is 0 Å². The van der Waals surface area contributed by atoms with E-state index in [1.807, 2.05) is 11.0 Å². The van der Waals surface area contributed by atoms with Crippen LogP contribution >= 0.6 is 0 Å². The Bertz CT molecular complexity index is 771. The van der Waals surface area contributed by atoms with Crippen LogP contribution in [0.25, 0.3) is 0 Å². The summed E-state index contributed by atoms with van der Waals surface area (Å²) < 4.78 is 9.74. The molecule has 10 nitrogen and oxygen atoms in total. The van der Waals surface area contributed by atoms with E-state index in [9.17, 15) is 19.2 Å². The Morgan fingerprint density at radius 3 is 1.33 bits per heavy atom. The molecule has 0 saturated heterocycles. The van der Waals surface area contributed by atoms with E-state index >= 15 is 0 Å². The minimum atomic E-state index is -0.938. The number of unbranched alkanes of at least 4 members (excludes halogenated alkanes) is 1. The maximum absolute atomic E-state index is 11.6. The maximum atomic E-state index is 11.6. The average molecular weight is 416 g/mol. The zero-order chi connectivity index (χ0) is 21.6. The topological polar surface area (TPSA) is 129 Å². The van der Waals surface area contributed by atoms with Crippen molar-refractivity contribution in [2.24, 2.45) is 0 Å². The van der Waals surface area contributed by atoms with Crippen LogP contribution in [-0.4, -0.2) is 24.1 Å². The summed E-state index contributed by atoms with van der Waals surface area (Å²) in [6.45, 7) is 0. The number of nitrogens with one attached hydrogen (secondary N) is 2. The summed E-state index contributed by atoms with van der Waals surface area (Å²) >= 11 is 0. The van der Waals surface area contributed by atoms with Crippen molar-refractivity contribution < 1.29 is 38.3 Å². The Morgan fingerprint density at radius 2 is 0.967 bits per heavy atom. The van der Waals surface area contributed by atoms with Gasteiger partial charge in [0.15, 0.2) is 0 Å². The first-order valence-electron chi connectivity index (χ1n) is 8.98. The molecule has 0 bridgehead atoms. The molecule has 0 aromatic heterocycles. The van der Waals surface area contributed by atoms with E-state index in [4.69, 9.17) is 9.47 Å². The summed E-state index contributed by atoms with van der Waals surface area (Å²) in [4.78, 5) is 55.2. The molecule has 2 amide bonds. The first kappa shape index (κ1) is 22.2. The number of carbonyl (C=O) groups is 4. The molecule has 0 fully saturated rings. The van der Waals surface area contributed by atoms with Crippen LogP contribution in [-0.2, 0) is 19.3 Å². The molecule has 0 unspecified atom stereocenters. The highest BCUT2D eigenvalue weighted by Crippen LogP contribution is 2.09. The van der Waals surface area contributed by atoms with Gasteiger partial charge in [-0.2, -0.15) is 0 Å². The molecule has 2 aromatic carbocycles. The number of hydroxylamine groups is 2. The van der Waals surface area contributed by atoms with E-state index in [0.717, 1.165) is 0 Å². The quantitative estimate of drug-likeness (QED) is 0.520. The van der Waals surface area contributed by atoms with E-state index < -0.39 is 24.1 Å². The lowest BCUT2D eigenvalue weighted by Crippen LogP contribution is -2.30. The van der Waals surface area contributed by atoms with Gasteiger partial charge in [0.05, 0.1) is 0 Å². The van der Waals surface area contributed by atoms with Crippen molar-refractivity contribution in [1.82, 2.24) is 11.0 Å². The normalized spacial score (nSPS) is 9.73. The van der Waals surface area contributed by atoms with Gasteiger partial charge in [0, 0.05) is 12.8 Å². The Labute approximate surface area is 172 Å². The molecular formula is C20H20N2O8. The molecule has 30 heavy (non-hydrogen) atoms. The Hall–Kier alpha value is -4.08. The van der Waals surface area contributed by atoms with Gasteiger partial charge in [0.25, 0.3) is 0 Å². The number of carbonyl (C=O) groups excluding carboxylic acids is 4. The summed E-state index contributed by atoms with van der Waals surface area (Å²) in [6.07, 6.45) is -1.35. The predicted molar refractivity (Wildman–Crippen MR) is 102 cm³/mol. The van der Waals surface area contributed by atoms with Gasteiger partial charge in [-0.05, 0) is 37.1 Å². The number of ether oxygens (including phenoxy) is 2. The van der Waals surface area contributed by atoms with Crippen LogP contribution < -0.4 is 20.4 Å². The highest BCUT2D eigenvalue weighted by atomic mass is 16.7. The number of para-hydroxylation sites is 2. The van der Waals surface area contributed by atoms with Crippen LogP contribution in [0.3, 0.4) is 0 Å². The Balaban J connectivity index is 1.50. The molecule has 10 heteroatoms. The third-order valence-electron chi connectivity index (χ3n) is 3.42. The minimum Gasteiger partial charge on any atom is -0.408 e. The Morgan fingerprint density at radius 1 is 0.600 bits per heavy atom. The van der Waals surface area contributed by atoms with Crippen LogP contribution in [0.2, 0.25) is 0 Å². The average Bonchev–Trinajstić information content (AvgIpc) is 2.75. The van der Waals surface area contributed by atoms with Crippen molar-refractivity contribution in [3.05, 3.63) is 60.7 Å². The smallest absolute Gasteiger partial charge is 0.408 e. The lowest BCUT2D eigenvalue weighted by molar-refractivity contribution is -0.151. The van der Waals surface area contributed by atoms with E-state index in [1.165, 1.54) is 0 Å². The van der Waals surface area contributed by atoms with Crippen LogP contribution in [0.1, 0.15) is 25.7 Å². The second-order valence-corrected chi connectivity index (χ2v) is 5.76. The van der Waals surface area contributed by atoms with E-state index in [1.54, 1.807) is 60.7 Å². The SMILES string of the molecule is O=C(CCCCC(=O)ONC(=O)Oc1ccccc1)ONC(=O)Oc1ccccc1. The fraction of sp³-hybridized carbons (Fsp3) is 0.200. The highest BCUT2D eigenvalue weighted by molar-refractivity contribution is 5.75. The largest absolute Gasteiger partial charge is 0.446 e. The number of benzene rings is 2. The molecule has 0 aliphatic carbocycles. The van der Waals surface area contributed by atoms with Crippen molar-refractivity contribution in [2.45, 2.75) is 25.7 Å². The molecule has 2 rings (SSSR count). The van der Waals surface area contributed by atoms with Crippen molar-refractivity contribution >= 4 is 24.1 Å². The summed E-state index contributed by atoms with van der Waals surface area (Å²) in [5.41, 5.74) is 3.74. The number of hydrogen-bond donors (Lipinski definition) is 2. The van der Waals surface area contributed by atoms with Crippen molar-refractivity contribution in [1.29, 1.82) is 0 Å². The van der Waals surface area contributed by atoms with Crippen molar-refractivity contribution in [2.75, 3.05) is 0 Å². The molecule has 0 saturated carbocycles. The second-order valence-electron chi connectivity index (χ2n) is 5.76. The molecule has 0 aliphatic rings. The predicted octanol–water partition coefficient (Wildman–Crippen LogP) is 3.04. The third-order valence-corrected chi connectivity index (χ3v) is 3.42. The number of amides is 2. The van der Waals surface area contributed by atoms with Crippen LogP contribution in [0.5, 0.6) is 11.5 Å². The third kappa shape index (κ3) is 9.22. The fourth-order valence-electron chi connectivity index (χ4n) is 2.07. The van der Waals surface area contributed by atoms with Crippen molar-refractivity contribution in [3.8, 4) is 11.5 Å². The molecule has 0 aliphatic heterocycles. The van der Waals surface area contributed by atoms with Crippen LogP contribution in [0.15, 0.2) is 60.7 Å². The Kier molecular flexibility index (Phi) is 9.18. The van der Waals surface area contributed by atoms with Gasteiger partial charge in [0.1, 0.15) is 11.5 Å². The summed E-state index contributed by atoms with van der Waals surface area (Å²) in [5, 5.41) is 0. The minimum absolute atomic E-state index is 0.0393. The molecule has 0 radical (unpaired) electrons. The van der Waals surface area contributed by atoms with E-state index in [2.05, 4.69) is 9.68 Å². The zero-order valence-electron chi connectivity index (χ0n) is 15.9. The number of hydrogen-bond acceptors (Lipinski definition) is 8. The summed E-state index contributed by atoms with van der Waals surface area (Å²) in [6, 6.07) is 16.5. The fourth-order valence-corrected chi connectivity index (χ4v) is 2.07. The summed E-state index contributed by atoms with van der Waals surface area (Å²) in [7, 11) is 0. The lowest BCUT2D eigenvalue weighted by atomic mass is 10.2. The molecule has 158 valence electrons. The van der Waals surface area contributed by atoms with Gasteiger partial charge in [0.2, 0.25) is 0 Å². The standard InChI is InChI=1S/C20H20N2O8/c23-17(29-21-19(25)27-15-9-3-1-4-10-15)13-7-8-14-18(24)30-22-20(26)28-16-11-5-2-6-12-16/h1-6,9-12H,7-8,13-14H2,(H,21,25)(H,22,26). The van der Waals surface area contributed by atoms with Gasteiger partial charge in [-0.15, -0.1) is 11.0 Å². The molecular weight excluding hydrogens is 396 g/mol. The van der Waals surface area contributed by atoms with Gasteiger partial charge in [-0.25, -0.2) is 19.2 Å². The monoisotopic (exact) mass is 416 g/mol. The van der Waals surface area contributed by atoms with E-state index in [-0.39, 0.29) is 12.8 Å². The highest BCUT2D eigenvalue weighted by Gasteiger charge is 2.11.